The van der Waals surface area contributed by atoms with Gasteiger partial charge in [0, 0.05) is 43.2 Å². The largest absolute Gasteiger partial charge is 0.324 e. The Labute approximate surface area is 194 Å². The van der Waals surface area contributed by atoms with Gasteiger partial charge in [-0.1, -0.05) is 48.5 Å². The van der Waals surface area contributed by atoms with Crippen molar-refractivity contribution in [3.8, 4) is 0 Å². The molecule has 3 N–H and O–H groups in total. The lowest BCUT2D eigenvalue weighted by molar-refractivity contribution is -0.136. The second-order valence-electron chi connectivity index (χ2n) is 9.83. The summed E-state index contributed by atoms with van der Waals surface area (Å²) < 4.78 is 0. The highest BCUT2D eigenvalue weighted by atomic mass is 16.2. The van der Waals surface area contributed by atoms with E-state index in [-0.39, 0.29) is 24.3 Å². The van der Waals surface area contributed by atoms with E-state index in [2.05, 4.69) is 29.3 Å². The Hall–Kier alpha value is -3.03. The molecule has 2 aromatic rings. The van der Waals surface area contributed by atoms with Crippen LogP contribution in [0.4, 0.5) is 0 Å². The zero-order valence-electron chi connectivity index (χ0n) is 19.5. The normalized spacial score (nSPS) is 19.6. The van der Waals surface area contributed by atoms with Crippen LogP contribution in [0.25, 0.3) is 0 Å². The van der Waals surface area contributed by atoms with Crippen LogP contribution in [0.1, 0.15) is 66.7 Å². The van der Waals surface area contributed by atoms with E-state index in [0.29, 0.717) is 31.6 Å². The molecule has 3 amide bonds. The number of nitrogens with zero attached hydrogens (tertiary/aromatic N) is 2. The fraction of sp³-hybridized carbons (Fsp3) is 0.423. The maximum Gasteiger partial charge on any atom is 0.255 e. The minimum absolute atomic E-state index is 0.104. The number of hydrogen-bond donors (Lipinski definition) is 2. The van der Waals surface area contributed by atoms with Gasteiger partial charge in [-0.3, -0.25) is 24.6 Å². The van der Waals surface area contributed by atoms with E-state index >= 15 is 0 Å². The molecule has 0 aromatic heterocycles. The zero-order valence-corrected chi connectivity index (χ0v) is 19.5. The van der Waals surface area contributed by atoms with Gasteiger partial charge in [0.1, 0.15) is 6.04 Å². The van der Waals surface area contributed by atoms with Crippen LogP contribution in [-0.2, 0) is 22.7 Å². The second-order valence-corrected chi connectivity index (χ2v) is 9.83. The summed E-state index contributed by atoms with van der Waals surface area (Å²) in [5.74, 6) is -0.816. The average molecular weight is 449 g/mol. The molecule has 7 heteroatoms. The van der Waals surface area contributed by atoms with Crippen LogP contribution >= 0.6 is 0 Å². The monoisotopic (exact) mass is 448 g/mol. The fourth-order valence-electron chi connectivity index (χ4n) is 4.84. The van der Waals surface area contributed by atoms with Crippen molar-refractivity contribution in [2.24, 2.45) is 5.73 Å². The molecular weight excluding hydrogens is 416 g/mol. The van der Waals surface area contributed by atoms with Crippen molar-refractivity contribution in [2.45, 2.75) is 64.3 Å². The van der Waals surface area contributed by atoms with Gasteiger partial charge in [0.15, 0.2) is 0 Å². The summed E-state index contributed by atoms with van der Waals surface area (Å²) >= 11 is 0. The molecule has 0 spiro atoms. The Balaban J connectivity index is 1.61. The van der Waals surface area contributed by atoms with E-state index in [0.717, 1.165) is 11.1 Å². The number of hydrogen-bond acceptors (Lipinski definition) is 5. The van der Waals surface area contributed by atoms with Gasteiger partial charge in [-0.2, -0.15) is 0 Å². The van der Waals surface area contributed by atoms with Crippen LogP contribution < -0.4 is 11.1 Å². The smallest absolute Gasteiger partial charge is 0.255 e. The molecule has 2 aromatic carbocycles. The van der Waals surface area contributed by atoms with Crippen LogP contribution in [0.2, 0.25) is 0 Å². The highest BCUT2D eigenvalue weighted by Gasteiger charge is 2.40. The van der Waals surface area contributed by atoms with Crippen LogP contribution in [0.3, 0.4) is 0 Å². The molecule has 0 bridgehead atoms. The molecule has 33 heavy (non-hydrogen) atoms. The highest BCUT2D eigenvalue weighted by Crippen LogP contribution is 2.32. The van der Waals surface area contributed by atoms with E-state index in [9.17, 15) is 14.4 Å². The lowest BCUT2D eigenvalue weighted by Gasteiger charge is -2.35. The third kappa shape index (κ3) is 4.99. The van der Waals surface area contributed by atoms with Gasteiger partial charge in [0.05, 0.1) is 0 Å². The summed E-state index contributed by atoms with van der Waals surface area (Å²) in [6.45, 7) is 7.76. The molecule has 174 valence electrons. The number of benzene rings is 2. The molecule has 0 saturated carbocycles. The molecule has 1 saturated heterocycles. The Morgan fingerprint density at radius 3 is 2.52 bits per heavy atom. The maximum absolute atomic E-state index is 13.5. The van der Waals surface area contributed by atoms with Gasteiger partial charge in [-0.25, -0.2) is 0 Å². The SMILES string of the molecule is CC(c1ccccc1)N(Cc1cccc2c1C(=O)N(C1CCC(=O)NC1=O)C2)CC(C)(C)N. The summed E-state index contributed by atoms with van der Waals surface area (Å²) in [4.78, 5) is 41.3. The van der Waals surface area contributed by atoms with Gasteiger partial charge in [-0.15, -0.1) is 0 Å². The molecule has 7 nitrogen and oxygen atoms in total. The molecule has 0 radical (unpaired) electrons. The minimum Gasteiger partial charge on any atom is -0.324 e. The Morgan fingerprint density at radius 2 is 1.85 bits per heavy atom. The third-order valence-corrected chi connectivity index (χ3v) is 6.45. The number of nitrogens with two attached hydrogens (primary N) is 1. The number of fused-ring (bicyclic) bond motifs is 1. The molecule has 2 aliphatic rings. The number of rotatable bonds is 7. The van der Waals surface area contributed by atoms with Crippen LogP contribution in [-0.4, -0.2) is 45.6 Å². The molecule has 2 heterocycles. The van der Waals surface area contributed by atoms with E-state index in [1.165, 1.54) is 5.56 Å². The summed E-state index contributed by atoms with van der Waals surface area (Å²) in [7, 11) is 0. The van der Waals surface area contributed by atoms with Gasteiger partial charge in [-0.05, 0) is 43.9 Å². The first-order chi connectivity index (χ1) is 15.6. The summed E-state index contributed by atoms with van der Waals surface area (Å²) in [5.41, 5.74) is 9.69. The van der Waals surface area contributed by atoms with Gasteiger partial charge < -0.3 is 10.6 Å². The topological polar surface area (TPSA) is 95.7 Å². The first-order valence-electron chi connectivity index (χ1n) is 11.5. The maximum atomic E-state index is 13.5. The summed E-state index contributed by atoms with van der Waals surface area (Å²) in [5, 5.41) is 2.37. The molecule has 4 rings (SSSR count). The van der Waals surface area contributed by atoms with Crippen molar-refractivity contribution in [3.05, 3.63) is 70.8 Å². The predicted molar refractivity (Wildman–Crippen MR) is 126 cm³/mol. The van der Waals surface area contributed by atoms with Crippen molar-refractivity contribution in [1.29, 1.82) is 0 Å². The lowest BCUT2D eigenvalue weighted by atomic mass is 9.98. The fourth-order valence-corrected chi connectivity index (χ4v) is 4.84. The lowest BCUT2D eigenvalue weighted by Crippen LogP contribution is -2.52. The number of amides is 3. The molecule has 0 aliphatic carbocycles. The van der Waals surface area contributed by atoms with Gasteiger partial charge in [0.2, 0.25) is 11.8 Å². The van der Waals surface area contributed by atoms with Crippen molar-refractivity contribution < 1.29 is 14.4 Å². The van der Waals surface area contributed by atoms with Gasteiger partial charge in [0.25, 0.3) is 5.91 Å². The van der Waals surface area contributed by atoms with E-state index < -0.39 is 17.5 Å². The number of imide groups is 1. The van der Waals surface area contributed by atoms with Crippen LogP contribution in [0, 0.1) is 0 Å². The van der Waals surface area contributed by atoms with E-state index in [1.807, 2.05) is 50.2 Å². The molecule has 2 atom stereocenters. The number of carbonyl (C=O) groups excluding carboxylic acids is 3. The minimum atomic E-state index is -0.613. The van der Waals surface area contributed by atoms with Crippen LogP contribution in [0.5, 0.6) is 0 Å². The van der Waals surface area contributed by atoms with E-state index in [1.54, 1.807) is 4.90 Å². The van der Waals surface area contributed by atoms with Crippen LogP contribution in [0.15, 0.2) is 48.5 Å². The molecular formula is C26H32N4O3. The Kier molecular flexibility index (Phi) is 6.36. The summed E-state index contributed by atoms with van der Waals surface area (Å²) in [6.07, 6.45) is 0.607. The quantitative estimate of drug-likeness (QED) is 0.635. The van der Waals surface area contributed by atoms with Crippen molar-refractivity contribution >= 4 is 17.7 Å². The van der Waals surface area contributed by atoms with E-state index in [4.69, 9.17) is 5.73 Å². The summed E-state index contributed by atoms with van der Waals surface area (Å²) in [6, 6.07) is 15.6. The molecule has 2 aliphatic heterocycles. The first-order valence-corrected chi connectivity index (χ1v) is 11.5. The first kappa shape index (κ1) is 23.1. The number of carbonyl (C=O) groups is 3. The highest BCUT2D eigenvalue weighted by molar-refractivity contribution is 6.06. The third-order valence-electron chi connectivity index (χ3n) is 6.45. The van der Waals surface area contributed by atoms with Crippen molar-refractivity contribution in [3.63, 3.8) is 0 Å². The molecule has 2 unspecified atom stereocenters. The number of nitrogens with one attached hydrogen (secondary N) is 1. The Bertz CT molecular complexity index is 1060. The average Bonchev–Trinajstić information content (AvgIpc) is 3.09. The zero-order chi connectivity index (χ0) is 23.8. The Morgan fingerprint density at radius 1 is 1.12 bits per heavy atom. The number of piperidine rings is 1. The predicted octanol–water partition coefficient (Wildman–Crippen LogP) is 2.75. The standard InChI is InChI=1S/C26H32N4O3/c1-17(18-8-5-4-6-9-18)29(16-26(2,3)27)14-19-10-7-11-20-15-30(25(33)23(19)20)21-12-13-22(31)28-24(21)32/h4-11,17,21H,12-16,27H2,1-3H3,(H,28,31,32). The van der Waals surface area contributed by atoms with Crippen molar-refractivity contribution in [1.82, 2.24) is 15.1 Å². The van der Waals surface area contributed by atoms with Gasteiger partial charge >= 0.3 is 0 Å². The van der Waals surface area contributed by atoms with Crippen molar-refractivity contribution in [2.75, 3.05) is 6.54 Å². The molecule has 1 fully saturated rings. The second kappa shape index (κ2) is 9.08.